The zero-order chi connectivity index (χ0) is 19.7. The first-order valence-corrected chi connectivity index (χ1v) is 9.85. The molecule has 3 heterocycles. The van der Waals surface area contributed by atoms with Gasteiger partial charge in [0.15, 0.2) is 0 Å². The Morgan fingerprint density at radius 1 is 1.25 bits per heavy atom. The molecular formula is C20H26N4O4. The van der Waals surface area contributed by atoms with Crippen LogP contribution in [0.15, 0.2) is 18.2 Å². The molecule has 2 unspecified atom stereocenters. The van der Waals surface area contributed by atoms with E-state index in [1.165, 1.54) is 0 Å². The van der Waals surface area contributed by atoms with E-state index in [0.29, 0.717) is 25.1 Å². The smallest absolute Gasteiger partial charge is 0.255 e. The summed E-state index contributed by atoms with van der Waals surface area (Å²) in [6.07, 6.45) is 1.68. The predicted octanol–water partition coefficient (Wildman–Crippen LogP) is -0.00280. The van der Waals surface area contributed by atoms with Crippen LogP contribution in [0.5, 0.6) is 0 Å². The van der Waals surface area contributed by atoms with Gasteiger partial charge in [0.05, 0.1) is 6.10 Å². The van der Waals surface area contributed by atoms with Gasteiger partial charge in [0.1, 0.15) is 6.04 Å². The van der Waals surface area contributed by atoms with Crippen LogP contribution in [0.1, 0.15) is 40.7 Å². The first kappa shape index (κ1) is 19.0. The average Bonchev–Trinajstić information content (AvgIpc) is 2.85. The van der Waals surface area contributed by atoms with Crippen LogP contribution in [0.4, 0.5) is 0 Å². The van der Waals surface area contributed by atoms with Crippen molar-refractivity contribution in [1.29, 1.82) is 0 Å². The maximum Gasteiger partial charge on any atom is 0.255 e. The Kier molecular flexibility index (Phi) is 5.43. The minimum absolute atomic E-state index is 0.0570. The second-order valence-corrected chi connectivity index (χ2v) is 7.71. The highest BCUT2D eigenvalue weighted by molar-refractivity contribution is 6.05. The second kappa shape index (κ2) is 7.98. The largest absolute Gasteiger partial charge is 0.376 e. The van der Waals surface area contributed by atoms with E-state index in [1.807, 2.05) is 12.1 Å². The maximum absolute atomic E-state index is 12.8. The predicted molar refractivity (Wildman–Crippen MR) is 101 cm³/mol. The Morgan fingerprint density at radius 3 is 2.89 bits per heavy atom. The van der Waals surface area contributed by atoms with Gasteiger partial charge in [0.25, 0.3) is 5.91 Å². The van der Waals surface area contributed by atoms with Crippen LogP contribution < -0.4 is 11.1 Å². The van der Waals surface area contributed by atoms with Crippen LogP contribution in [-0.4, -0.2) is 65.9 Å². The SMILES string of the molecule is NCC1CN(Cc2ccc3c(c2)CN(C2CCC(=O)NC2=O)C3=O)CCCO1. The lowest BCUT2D eigenvalue weighted by atomic mass is 10.0. The van der Waals surface area contributed by atoms with Gasteiger partial charge >= 0.3 is 0 Å². The molecule has 0 aliphatic carbocycles. The number of amides is 3. The van der Waals surface area contributed by atoms with Crippen molar-refractivity contribution in [2.75, 3.05) is 26.2 Å². The summed E-state index contributed by atoms with van der Waals surface area (Å²) in [6.45, 7) is 4.18. The Morgan fingerprint density at radius 2 is 2.11 bits per heavy atom. The second-order valence-electron chi connectivity index (χ2n) is 7.71. The van der Waals surface area contributed by atoms with E-state index in [1.54, 1.807) is 4.90 Å². The van der Waals surface area contributed by atoms with Gasteiger partial charge in [-0.05, 0) is 30.0 Å². The van der Waals surface area contributed by atoms with Gasteiger partial charge < -0.3 is 15.4 Å². The quantitative estimate of drug-likeness (QED) is 0.706. The molecular weight excluding hydrogens is 360 g/mol. The molecule has 3 aliphatic rings. The molecule has 2 saturated heterocycles. The van der Waals surface area contributed by atoms with Gasteiger partial charge in [0, 0.05) is 51.3 Å². The lowest BCUT2D eigenvalue weighted by Gasteiger charge is -2.29. The monoisotopic (exact) mass is 386 g/mol. The van der Waals surface area contributed by atoms with E-state index in [0.717, 1.165) is 43.8 Å². The number of ether oxygens (including phenoxy) is 1. The Labute approximate surface area is 164 Å². The number of fused-ring (bicyclic) bond motifs is 1. The molecule has 0 saturated carbocycles. The Hall–Kier alpha value is -2.29. The highest BCUT2D eigenvalue weighted by Crippen LogP contribution is 2.28. The highest BCUT2D eigenvalue weighted by atomic mass is 16.5. The molecule has 1 aromatic rings. The molecule has 0 aromatic heterocycles. The Balaban J connectivity index is 1.46. The summed E-state index contributed by atoms with van der Waals surface area (Å²) in [5, 5.41) is 2.33. The normalized spacial score (nSPS) is 26.2. The van der Waals surface area contributed by atoms with Crippen LogP contribution in [-0.2, 0) is 27.4 Å². The van der Waals surface area contributed by atoms with Gasteiger partial charge in [-0.2, -0.15) is 0 Å². The van der Waals surface area contributed by atoms with Gasteiger partial charge in [-0.15, -0.1) is 0 Å². The average molecular weight is 386 g/mol. The molecule has 0 bridgehead atoms. The molecule has 8 nitrogen and oxygen atoms in total. The number of piperidine rings is 1. The summed E-state index contributed by atoms with van der Waals surface area (Å²) < 4.78 is 5.73. The van der Waals surface area contributed by atoms with Gasteiger partial charge in [-0.3, -0.25) is 24.6 Å². The fourth-order valence-corrected chi connectivity index (χ4v) is 4.24. The number of carbonyl (C=O) groups excluding carboxylic acids is 3. The lowest BCUT2D eigenvalue weighted by Crippen LogP contribution is -2.52. The Bertz CT molecular complexity index is 796. The third-order valence-corrected chi connectivity index (χ3v) is 5.69. The van der Waals surface area contributed by atoms with Crippen molar-refractivity contribution in [1.82, 2.24) is 15.1 Å². The zero-order valence-electron chi connectivity index (χ0n) is 15.9. The van der Waals surface area contributed by atoms with E-state index in [-0.39, 0.29) is 30.2 Å². The van der Waals surface area contributed by atoms with Gasteiger partial charge in [0.2, 0.25) is 11.8 Å². The number of rotatable bonds is 4. The number of hydrogen-bond donors (Lipinski definition) is 2. The molecule has 3 amide bonds. The molecule has 150 valence electrons. The summed E-state index contributed by atoms with van der Waals surface area (Å²) in [6, 6.07) is 5.32. The third-order valence-electron chi connectivity index (χ3n) is 5.69. The summed E-state index contributed by atoms with van der Waals surface area (Å²) in [4.78, 5) is 40.2. The number of nitrogens with zero attached hydrogens (tertiary/aromatic N) is 2. The molecule has 0 radical (unpaired) electrons. The topological polar surface area (TPSA) is 105 Å². The van der Waals surface area contributed by atoms with Crippen molar-refractivity contribution >= 4 is 17.7 Å². The van der Waals surface area contributed by atoms with Crippen LogP contribution in [0.2, 0.25) is 0 Å². The molecule has 3 N–H and O–H groups in total. The fourth-order valence-electron chi connectivity index (χ4n) is 4.24. The molecule has 3 aliphatic heterocycles. The van der Waals surface area contributed by atoms with E-state index >= 15 is 0 Å². The van der Waals surface area contributed by atoms with Crippen LogP contribution in [0.3, 0.4) is 0 Å². The van der Waals surface area contributed by atoms with Crippen LogP contribution >= 0.6 is 0 Å². The van der Waals surface area contributed by atoms with Crippen molar-refractivity contribution in [2.24, 2.45) is 5.73 Å². The first-order chi connectivity index (χ1) is 13.5. The zero-order valence-corrected chi connectivity index (χ0v) is 15.9. The lowest BCUT2D eigenvalue weighted by molar-refractivity contribution is -0.136. The van der Waals surface area contributed by atoms with E-state index in [4.69, 9.17) is 10.5 Å². The standard InChI is InChI=1S/C20H26N4O4/c21-9-15-12-23(6-1-7-28-15)10-13-2-3-16-14(8-13)11-24(20(16)27)17-4-5-18(25)22-19(17)26/h2-3,8,15,17H,1,4-7,9-12,21H2,(H,22,25,26). The van der Waals surface area contributed by atoms with Crippen LogP contribution in [0.25, 0.3) is 0 Å². The molecule has 4 rings (SSSR count). The van der Waals surface area contributed by atoms with Crippen molar-refractivity contribution < 1.29 is 19.1 Å². The summed E-state index contributed by atoms with van der Waals surface area (Å²) in [5.74, 6) is -0.789. The van der Waals surface area contributed by atoms with E-state index in [2.05, 4.69) is 16.3 Å². The highest BCUT2D eigenvalue weighted by Gasteiger charge is 2.39. The maximum atomic E-state index is 12.8. The molecule has 28 heavy (non-hydrogen) atoms. The number of benzene rings is 1. The fraction of sp³-hybridized carbons (Fsp3) is 0.550. The number of nitrogens with one attached hydrogen (secondary N) is 1. The summed E-state index contributed by atoms with van der Waals surface area (Å²) in [7, 11) is 0. The van der Waals surface area contributed by atoms with E-state index < -0.39 is 6.04 Å². The van der Waals surface area contributed by atoms with Crippen LogP contribution in [0, 0.1) is 0 Å². The minimum atomic E-state index is -0.575. The molecule has 8 heteroatoms. The first-order valence-electron chi connectivity index (χ1n) is 9.85. The van der Waals surface area contributed by atoms with Gasteiger partial charge in [-0.1, -0.05) is 12.1 Å². The molecule has 2 fully saturated rings. The van der Waals surface area contributed by atoms with Crippen molar-refractivity contribution in [2.45, 2.75) is 44.5 Å². The number of nitrogens with two attached hydrogens (primary N) is 1. The van der Waals surface area contributed by atoms with Crippen molar-refractivity contribution in [3.05, 3.63) is 34.9 Å². The number of hydrogen-bond acceptors (Lipinski definition) is 6. The minimum Gasteiger partial charge on any atom is -0.376 e. The molecule has 2 atom stereocenters. The number of imide groups is 1. The summed E-state index contributed by atoms with van der Waals surface area (Å²) in [5.41, 5.74) is 8.49. The van der Waals surface area contributed by atoms with Crippen molar-refractivity contribution in [3.63, 3.8) is 0 Å². The van der Waals surface area contributed by atoms with Crippen molar-refractivity contribution in [3.8, 4) is 0 Å². The summed E-state index contributed by atoms with van der Waals surface area (Å²) >= 11 is 0. The van der Waals surface area contributed by atoms with Gasteiger partial charge in [-0.25, -0.2) is 0 Å². The van der Waals surface area contributed by atoms with E-state index in [9.17, 15) is 14.4 Å². The molecule has 0 spiro atoms. The third kappa shape index (κ3) is 3.80. The molecule has 1 aromatic carbocycles. The number of carbonyl (C=O) groups is 3.